The molecule has 0 unspecified atom stereocenters. The lowest BCUT2D eigenvalue weighted by molar-refractivity contribution is -0.121. The second kappa shape index (κ2) is 11.9. The lowest BCUT2D eigenvalue weighted by Gasteiger charge is -2.20. The SMILES string of the molecule is O=C(Nc1ccc(-c2nc3cc4sc(-c5ccc(NC(=O)C6CCCCC6)cc5)nc4cc3s2)cc1)C1CCCCC1. The molecule has 2 amide bonds. The molecule has 0 aliphatic heterocycles. The zero-order chi connectivity index (χ0) is 28.5. The van der Waals surface area contributed by atoms with E-state index in [4.69, 9.17) is 9.97 Å². The van der Waals surface area contributed by atoms with Crippen molar-refractivity contribution in [3.63, 3.8) is 0 Å². The minimum absolute atomic E-state index is 0.142. The number of thiazole rings is 2. The molecule has 0 spiro atoms. The van der Waals surface area contributed by atoms with E-state index in [9.17, 15) is 9.59 Å². The number of carbonyl (C=O) groups excluding carboxylic acids is 2. The van der Waals surface area contributed by atoms with E-state index in [1.54, 1.807) is 22.7 Å². The van der Waals surface area contributed by atoms with Gasteiger partial charge in [-0.15, -0.1) is 22.7 Å². The van der Waals surface area contributed by atoms with Crippen LogP contribution in [0.4, 0.5) is 11.4 Å². The maximum absolute atomic E-state index is 12.6. The van der Waals surface area contributed by atoms with E-state index in [2.05, 4.69) is 22.8 Å². The summed E-state index contributed by atoms with van der Waals surface area (Å²) >= 11 is 3.32. The van der Waals surface area contributed by atoms with Crippen molar-refractivity contribution in [2.45, 2.75) is 64.2 Å². The van der Waals surface area contributed by atoms with Crippen molar-refractivity contribution in [2.24, 2.45) is 11.8 Å². The number of amides is 2. The number of hydrogen-bond donors (Lipinski definition) is 2. The number of hydrogen-bond acceptors (Lipinski definition) is 6. The minimum Gasteiger partial charge on any atom is -0.326 e. The fourth-order valence-electron chi connectivity index (χ4n) is 6.21. The molecule has 0 radical (unpaired) electrons. The fraction of sp³-hybridized carbons (Fsp3) is 0.353. The Labute approximate surface area is 253 Å². The largest absolute Gasteiger partial charge is 0.326 e. The van der Waals surface area contributed by atoms with Crippen molar-refractivity contribution in [3.8, 4) is 21.1 Å². The molecule has 2 fully saturated rings. The number of carbonyl (C=O) groups is 2. The lowest BCUT2D eigenvalue weighted by atomic mass is 9.88. The van der Waals surface area contributed by atoms with E-state index in [-0.39, 0.29) is 23.7 Å². The zero-order valence-corrected chi connectivity index (χ0v) is 25.2. The average Bonchev–Trinajstić information content (AvgIpc) is 3.65. The Bertz CT molecular complexity index is 1550. The Morgan fingerprint density at radius 2 is 0.952 bits per heavy atom. The van der Waals surface area contributed by atoms with E-state index in [1.165, 1.54) is 12.8 Å². The summed E-state index contributed by atoms with van der Waals surface area (Å²) in [6.45, 7) is 0. The first-order valence-corrected chi connectivity index (χ1v) is 16.8. The number of aromatic nitrogens is 2. The Balaban J connectivity index is 1.04. The highest BCUT2D eigenvalue weighted by Crippen LogP contribution is 2.37. The number of benzene rings is 3. The third-order valence-electron chi connectivity index (χ3n) is 8.65. The van der Waals surface area contributed by atoms with Gasteiger partial charge in [0.15, 0.2) is 0 Å². The van der Waals surface area contributed by atoms with Gasteiger partial charge in [0.2, 0.25) is 11.8 Å². The highest BCUT2D eigenvalue weighted by atomic mass is 32.1. The molecule has 2 saturated carbocycles. The molecule has 8 heteroatoms. The fourth-order valence-corrected chi connectivity index (χ4v) is 8.18. The molecule has 5 aromatic rings. The van der Waals surface area contributed by atoms with Crippen LogP contribution in [-0.2, 0) is 9.59 Å². The standard InChI is InChI=1S/C34H34N4O2S2/c39-31(21-7-3-1-4-8-21)35-25-15-11-23(12-16-25)33-37-27-19-30-28(20-29(27)41-33)38-34(42-30)24-13-17-26(18-14-24)36-32(40)22-9-5-2-6-10-22/h11-22H,1-10H2,(H,35,39)(H,36,40). The van der Waals surface area contributed by atoms with Crippen LogP contribution in [0.3, 0.4) is 0 Å². The number of anilines is 2. The molecule has 3 aromatic carbocycles. The molecule has 7 rings (SSSR count). The maximum atomic E-state index is 12.6. The van der Waals surface area contributed by atoms with Gasteiger partial charge in [0.1, 0.15) is 10.0 Å². The first-order valence-electron chi connectivity index (χ1n) is 15.1. The van der Waals surface area contributed by atoms with Crippen molar-refractivity contribution in [1.82, 2.24) is 9.97 Å². The van der Waals surface area contributed by atoms with Crippen molar-refractivity contribution in [1.29, 1.82) is 0 Å². The molecular weight excluding hydrogens is 561 g/mol. The van der Waals surface area contributed by atoms with Crippen LogP contribution >= 0.6 is 22.7 Å². The highest BCUT2D eigenvalue weighted by molar-refractivity contribution is 7.23. The molecule has 2 aliphatic rings. The van der Waals surface area contributed by atoms with Crippen LogP contribution in [0.25, 0.3) is 41.6 Å². The molecule has 0 bridgehead atoms. The van der Waals surface area contributed by atoms with Gasteiger partial charge in [0, 0.05) is 34.3 Å². The predicted molar refractivity (Wildman–Crippen MR) is 174 cm³/mol. The van der Waals surface area contributed by atoms with Crippen LogP contribution in [0.5, 0.6) is 0 Å². The zero-order valence-electron chi connectivity index (χ0n) is 23.5. The molecule has 2 aromatic heterocycles. The maximum Gasteiger partial charge on any atom is 0.227 e. The summed E-state index contributed by atoms with van der Waals surface area (Å²) in [6.07, 6.45) is 11.1. The topological polar surface area (TPSA) is 84.0 Å². The van der Waals surface area contributed by atoms with E-state index < -0.39 is 0 Å². The quantitative estimate of drug-likeness (QED) is 0.205. The second-order valence-electron chi connectivity index (χ2n) is 11.6. The third-order valence-corrected chi connectivity index (χ3v) is 10.8. The summed E-state index contributed by atoms with van der Waals surface area (Å²) in [5.74, 6) is 0.575. The normalized spacial score (nSPS) is 16.6. The van der Waals surface area contributed by atoms with Gasteiger partial charge in [-0.25, -0.2) is 9.97 Å². The average molecular weight is 595 g/mol. The summed E-state index contributed by atoms with van der Waals surface area (Å²) in [7, 11) is 0. The number of nitrogens with one attached hydrogen (secondary N) is 2. The summed E-state index contributed by atoms with van der Waals surface area (Å²) in [5, 5.41) is 8.11. The summed E-state index contributed by atoms with van der Waals surface area (Å²) < 4.78 is 2.20. The summed E-state index contributed by atoms with van der Waals surface area (Å²) in [4.78, 5) is 35.1. The Hall–Kier alpha value is -3.62. The van der Waals surface area contributed by atoms with Gasteiger partial charge in [-0.3, -0.25) is 9.59 Å². The molecule has 42 heavy (non-hydrogen) atoms. The molecule has 2 N–H and O–H groups in total. The Morgan fingerprint density at radius 3 is 1.33 bits per heavy atom. The molecule has 2 heterocycles. The van der Waals surface area contributed by atoms with Crippen molar-refractivity contribution < 1.29 is 9.59 Å². The summed E-state index contributed by atoms with van der Waals surface area (Å²) in [5.41, 5.74) is 5.69. The molecule has 2 aliphatic carbocycles. The molecule has 0 atom stereocenters. The van der Waals surface area contributed by atoms with Crippen LogP contribution < -0.4 is 10.6 Å². The Kier molecular flexibility index (Phi) is 7.74. The van der Waals surface area contributed by atoms with Crippen LogP contribution in [0.15, 0.2) is 60.7 Å². The molecule has 6 nitrogen and oxygen atoms in total. The van der Waals surface area contributed by atoms with Gasteiger partial charge in [0.25, 0.3) is 0 Å². The molecule has 214 valence electrons. The molecular formula is C34H34N4O2S2. The van der Waals surface area contributed by atoms with Crippen LogP contribution in [0.1, 0.15) is 64.2 Å². The minimum atomic E-state index is 0.142. The second-order valence-corrected chi connectivity index (χ2v) is 13.7. The Morgan fingerprint density at radius 1 is 0.571 bits per heavy atom. The van der Waals surface area contributed by atoms with E-state index in [0.29, 0.717) is 0 Å². The monoisotopic (exact) mass is 594 g/mol. The number of fused-ring (bicyclic) bond motifs is 2. The first kappa shape index (κ1) is 27.2. The van der Waals surface area contributed by atoms with E-state index >= 15 is 0 Å². The van der Waals surface area contributed by atoms with Crippen LogP contribution in [-0.4, -0.2) is 21.8 Å². The van der Waals surface area contributed by atoms with Gasteiger partial charge in [-0.1, -0.05) is 38.5 Å². The van der Waals surface area contributed by atoms with Gasteiger partial charge in [-0.2, -0.15) is 0 Å². The van der Waals surface area contributed by atoms with Crippen molar-refractivity contribution in [3.05, 3.63) is 60.7 Å². The van der Waals surface area contributed by atoms with Crippen molar-refractivity contribution in [2.75, 3.05) is 10.6 Å². The van der Waals surface area contributed by atoms with Crippen LogP contribution in [0, 0.1) is 11.8 Å². The predicted octanol–water partition coefficient (Wildman–Crippen LogP) is 9.28. The van der Waals surface area contributed by atoms with Crippen molar-refractivity contribution >= 4 is 66.3 Å². The van der Waals surface area contributed by atoms with Gasteiger partial charge in [0.05, 0.1) is 20.4 Å². The molecule has 0 saturated heterocycles. The number of rotatable bonds is 6. The van der Waals surface area contributed by atoms with Gasteiger partial charge in [-0.05, 0) is 86.3 Å². The summed E-state index contributed by atoms with van der Waals surface area (Å²) in [6, 6.07) is 20.3. The van der Waals surface area contributed by atoms with Gasteiger partial charge < -0.3 is 10.6 Å². The highest BCUT2D eigenvalue weighted by Gasteiger charge is 2.22. The van der Waals surface area contributed by atoms with Crippen LogP contribution in [0.2, 0.25) is 0 Å². The van der Waals surface area contributed by atoms with Gasteiger partial charge >= 0.3 is 0 Å². The lowest BCUT2D eigenvalue weighted by Crippen LogP contribution is -2.24. The third kappa shape index (κ3) is 5.83. The number of nitrogens with zero attached hydrogens (tertiary/aromatic N) is 2. The van der Waals surface area contributed by atoms with E-state index in [1.807, 2.05) is 48.5 Å². The van der Waals surface area contributed by atoms with E-state index in [0.717, 1.165) is 104 Å². The smallest absolute Gasteiger partial charge is 0.227 e. The first-order chi connectivity index (χ1) is 20.6.